The minimum atomic E-state index is -5.74. The summed E-state index contributed by atoms with van der Waals surface area (Å²) in [5.41, 5.74) is -1.62. The first kappa shape index (κ1) is 27.2. The van der Waals surface area contributed by atoms with Gasteiger partial charge in [0.2, 0.25) is 0 Å². The maximum atomic E-state index is 12.3. The van der Waals surface area contributed by atoms with Crippen molar-refractivity contribution in [2.75, 3.05) is 6.61 Å². The number of H-pyrrole nitrogens is 1. The summed E-state index contributed by atoms with van der Waals surface area (Å²) < 4.78 is 51.7. The number of hydrogen-bond acceptors (Lipinski definition) is 11. The van der Waals surface area contributed by atoms with Crippen LogP contribution in [0.25, 0.3) is 0 Å². The van der Waals surface area contributed by atoms with E-state index in [1.807, 2.05) is 4.98 Å². The fourth-order valence-corrected chi connectivity index (χ4v) is 6.03. The van der Waals surface area contributed by atoms with Crippen molar-refractivity contribution in [3.8, 4) is 0 Å². The van der Waals surface area contributed by atoms with Crippen LogP contribution in [-0.2, 0) is 45.0 Å². The predicted molar refractivity (Wildman–Crippen MR) is 101 cm³/mol. The lowest BCUT2D eigenvalue weighted by Crippen LogP contribution is -2.37. The highest BCUT2D eigenvalue weighted by Gasteiger charge is 2.47. The number of phosphoric ester groups is 1. The lowest BCUT2D eigenvalue weighted by Gasteiger charge is -2.19. The highest BCUT2D eigenvalue weighted by Crippen LogP contribution is 2.66. The average Bonchev–Trinajstić information content (AvgIpc) is 2.88. The highest BCUT2D eigenvalue weighted by atomic mass is 31.3. The number of hydrogen-bond donors (Lipinski definition) is 7. The second kappa shape index (κ2) is 9.68. The third kappa shape index (κ3) is 6.52. The zero-order chi connectivity index (χ0) is 24.6. The summed E-state index contributed by atoms with van der Waals surface area (Å²) in [5.74, 6) is 0. The first-order valence-electron chi connectivity index (χ1n) is 8.60. The molecule has 6 atom stereocenters. The Balaban J connectivity index is 2.19. The number of nitrogens with zero attached hydrogens (tertiary/aromatic N) is 1. The first-order valence-corrected chi connectivity index (χ1v) is 13.1. The van der Waals surface area contributed by atoms with E-state index in [9.17, 15) is 38.4 Å². The molecule has 0 bridgehead atoms. The van der Waals surface area contributed by atoms with E-state index in [4.69, 9.17) is 19.4 Å². The summed E-state index contributed by atoms with van der Waals surface area (Å²) in [7, 11) is -15.5. The van der Waals surface area contributed by atoms with Crippen LogP contribution in [0.1, 0.15) is 24.3 Å². The smallest absolute Gasteiger partial charge is 0.387 e. The Morgan fingerprint density at radius 1 is 1.03 bits per heavy atom. The molecule has 17 nitrogen and oxygen atoms in total. The third-order valence-electron chi connectivity index (χ3n) is 4.29. The molecule has 1 fully saturated rings. The zero-order valence-corrected chi connectivity index (χ0v) is 19.1. The zero-order valence-electron chi connectivity index (χ0n) is 16.4. The third-order valence-corrected chi connectivity index (χ3v) is 8.09. The molecule has 1 aromatic rings. The molecule has 20 heteroatoms. The largest absolute Gasteiger partial charge is 0.490 e. The molecular weight excluding hydrogens is 505 g/mol. The molecule has 0 saturated carbocycles. The maximum absolute atomic E-state index is 12.3. The molecule has 0 spiro atoms. The number of ether oxygens (including phenoxy) is 1. The van der Waals surface area contributed by atoms with Gasteiger partial charge in [-0.3, -0.25) is 14.3 Å². The van der Waals surface area contributed by atoms with Crippen molar-refractivity contribution in [2.45, 2.75) is 37.8 Å². The monoisotopic (exact) mass is 526 g/mol. The number of aromatic amines is 1. The molecule has 1 aliphatic heterocycles. The lowest BCUT2D eigenvalue weighted by molar-refractivity contribution is -0.0231. The van der Waals surface area contributed by atoms with Crippen molar-refractivity contribution in [3.05, 3.63) is 32.1 Å². The van der Waals surface area contributed by atoms with E-state index < -0.39 is 65.7 Å². The number of aromatic nitrogens is 2. The van der Waals surface area contributed by atoms with Gasteiger partial charge in [-0.15, -0.1) is 0 Å². The molecular formula is C12H21N2O15P3. The number of phosphoric acid groups is 3. The molecule has 32 heavy (non-hydrogen) atoms. The van der Waals surface area contributed by atoms with Crippen LogP contribution < -0.4 is 11.2 Å². The highest BCUT2D eigenvalue weighted by molar-refractivity contribution is 7.66. The van der Waals surface area contributed by atoms with Crippen LogP contribution in [0, 0.1) is 0 Å². The van der Waals surface area contributed by atoms with Crippen molar-refractivity contribution in [2.24, 2.45) is 7.05 Å². The van der Waals surface area contributed by atoms with Crippen molar-refractivity contribution in [1.82, 2.24) is 9.55 Å². The van der Waals surface area contributed by atoms with E-state index in [0.29, 0.717) is 0 Å². The quantitative estimate of drug-likeness (QED) is 0.174. The summed E-state index contributed by atoms with van der Waals surface area (Å²) >= 11 is 0. The second-order valence-corrected chi connectivity index (χ2v) is 10.9. The Morgan fingerprint density at radius 2 is 1.62 bits per heavy atom. The van der Waals surface area contributed by atoms with Crippen LogP contribution in [-0.4, -0.2) is 64.3 Å². The van der Waals surface area contributed by atoms with Gasteiger partial charge in [0.05, 0.1) is 12.2 Å². The summed E-state index contributed by atoms with van der Waals surface area (Å²) in [6.07, 6.45) is -6.41. The molecule has 0 aromatic carbocycles. The minimum Gasteiger partial charge on any atom is -0.387 e. The van der Waals surface area contributed by atoms with Crippen molar-refractivity contribution in [3.63, 3.8) is 0 Å². The molecule has 7 N–H and O–H groups in total. The van der Waals surface area contributed by atoms with Crippen molar-refractivity contribution in [1.29, 1.82) is 0 Å². The van der Waals surface area contributed by atoms with Crippen LogP contribution >= 0.6 is 23.5 Å². The van der Waals surface area contributed by atoms with E-state index in [-0.39, 0.29) is 17.7 Å². The second-order valence-electron chi connectivity index (χ2n) is 6.50. The SMILES string of the molecule is CCc1c([C@@H]2O[C@H](COP(=O)(O)OP(=O)(O)OP(=O)(O)O)[C@@H](O)[C@H]2O)c(=O)[nH]c(=O)n1C. The molecule has 0 aliphatic carbocycles. The molecule has 1 aliphatic rings. The van der Waals surface area contributed by atoms with Gasteiger partial charge < -0.3 is 39.1 Å². The Kier molecular flexibility index (Phi) is 8.23. The van der Waals surface area contributed by atoms with Gasteiger partial charge in [0.1, 0.15) is 24.4 Å². The molecule has 184 valence electrons. The first-order chi connectivity index (χ1) is 14.5. The van der Waals surface area contributed by atoms with Gasteiger partial charge >= 0.3 is 29.2 Å². The van der Waals surface area contributed by atoms with Gasteiger partial charge in [-0.2, -0.15) is 8.62 Å². The van der Waals surface area contributed by atoms with E-state index in [1.54, 1.807) is 6.92 Å². The Hall–Kier alpha value is -1.03. The van der Waals surface area contributed by atoms with Gasteiger partial charge in [0, 0.05) is 12.7 Å². The van der Waals surface area contributed by atoms with Crippen LogP contribution in [0.15, 0.2) is 9.59 Å². The minimum absolute atomic E-state index is 0.167. The Labute approximate surface area is 178 Å². The van der Waals surface area contributed by atoms with Crippen LogP contribution in [0.4, 0.5) is 0 Å². The predicted octanol–water partition coefficient (Wildman–Crippen LogP) is -1.86. The number of rotatable bonds is 9. The number of aliphatic hydroxyl groups excluding tert-OH is 2. The topological polar surface area (TPSA) is 264 Å². The van der Waals surface area contributed by atoms with E-state index >= 15 is 0 Å². The van der Waals surface area contributed by atoms with E-state index in [0.717, 1.165) is 4.57 Å². The normalized spacial score (nSPS) is 27.8. The fourth-order valence-electron chi connectivity index (χ4n) is 3.00. The molecule has 1 aromatic heterocycles. The average molecular weight is 526 g/mol. The Morgan fingerprint density at radius 3 is 2.16 bits per heavy atom. The van der Waals surface area contributed by atoms with Gasteiger partial charge in [0.15, 0.2) is 0 Å². The summed E-state index contributed by atoms with van der Waals surface area (Å²) in [5, 5.41) is 20.5. The molecule has 2 rings (SSSR count). The van der Waals surface area contributed by atoms with Gasteiger partial charge in [-0.25, -0.2) is 18.5 Å². The van der Waals surface area contributed by atoms with Crippen LogP contribution in [0.5, 0.6) is 0 Å². The molecule has 1 saturated heterocycles. The molecule has 2 unspecified atom stereocenters. The summed E-state index contributed by atoms with van der Waals surface area (Å²) in [6.45, 7) is 0.575. The fraction of sp³-hybridized carbons (Fsp3) is 0.667. The van der Waals surface area contributed by atoms with Gasteiger partial charge in [0.25, 0.3) is 5.56 Å². The number of nitrogens with one attached hydrogen (secondary N) is 1. The maximum Gasteiger partial charge on any atom is 0.490 e. The van der Waals surface area contributed by atoms with Gasteiger partial charge in [-0.05, 0) is 6.42 Å². The van der Waals surface area contributed by atoms with E-state index in [1.165, 1.54) is 7.05 Å². The van der Waals surface area contributed by atoms with Gasteiger partial charge in [-0.1, -0.05) is 6.92 Å². The number of aliphatic hydroxyl groups is 2. The van der Waals surface area contributed by atoms with E-state index in [2.05, 4.69) is 13.1 Å². The molecule has 2 heterocycles. The molecule has 0 amide bonds. The van der Waals surface area contributed by atoms with Crippen LogP contribution in [0.3, 0.4) is 0 Å². The van der Waals surface area contributed by atoms with Crippen molar-refractivity contribution < 1.29 is 61.4 Å². The lowest BCUT2D eigenvalue weighted by atomic mass is 10.00. The summed E-state index contributed by atoms with van der Waals surface area (Å²) in [6, 6.07) is 0. The summed E-state index contributed by atoms with van der Waals surface area (Å²) in [4.78, 5) is 61.7. The van der Waals surface area contributed by atoms with Crippen molar-refractivity contribution >= 4 is 23.5 Å². The Bertz CT molecular complexity index is 1110. The molecule has 0 radical (unpaired) electrons. The standard InChI is InChI=1S/C12H21N2O15P3/c1-3-5-7(11(17)13-12(18)14(5)2)10-9(16)8(15)6(27-10)4-26-31(22,23)29-32(24,25)28-30(19,20)21/h6,8-10,15-16H,3-4H2,1-2H3,(H,22,23)(H,24,25)(H,13,17,18)(H2,19,20,21)/t6-,8-,9-,10+/m1/s1. The van der Waals surface area contributed by atoms with Crippen LogP contribution in [0.2, 0.25) is 0 Å².